The first-order chi connectivity index (χ1) is 7.49. The number of hydrogen-bond donors (Lipinski definition) is 2. The molecule has 4 heteroatoms. The molecule has 0 aromatic heterocycles. The van der Waals surface area contributed by atoms with E-state index in [1.54, 1.807) is 0 Å². The second-order valence-corrected chi connectivity index (χ2v) is 4.26. The monoisotopic (exact) mass is 222 g/mol. The highest BCUT2D eigenvalue weighted by molar-refractivity contribution is 6.00. The lowest BCUT2D eigenvalue weighted by atomic mass is 10.1. The number of piperidine rings is 1. The van der Waals surface area contributed by atoms with E-state index in [-0.39, 0.29) is 17.9 Å². The molecule has 1 aliphatic rings. The number of imide groups is 1. The summed E-state index contributed by atoms with van der Waals surface area (Å²) in [6.45, 7) is 8.44. The number of hydrogen-bond acceptors (Lipinski definition) is 3. The Morgan fingerprint density at radius 3 is 2.81 bits per heavy atom. The molecule has 0 unspecified atom stereocenters. The van der Waals surface area contributed by atoms with Crippen LogP contribution in [0.25, 0.3) is 0 Å². The highest BCUT2D eigenvalue weighted by Gasteiger charge is 2.25. The van der Waals surface area contributed by atoms with Crippen LogP contribution in [0.5, 0.6) is 0 Å². The first-order valence-corrected chi connectivity index (χ1v) is 5.39. The second-order valence-electron chi connectivity index (χ2n) is 4.26. The molecule has 1 heterocycles. The Labute approximate surface area is 95.8 Å². The van der Waals surface area contributed by atoms with Crippen LogP contribution in [0.3, 0.4) is 0 Å². The number of nitrogens with one attached hydrogen (secondary N) is 2. The van der Waals surface area contributed by atoms with E-state index in [9.17, 15) is 9.59 Å². The minimum atomic E-state index is -0.278. The molecule has 0 aromatic carbocycles. The van der Waals surface area contributed by atoms with Gasteiger partial charge in [-0.2, -0.15) is 0 Å². The summed E-state index contributed by atoms with van der Waals surface area (Å²) in [4.78, 5) is 22.3. The Bertz CT molecular complexity index is 341. The fourth-order valence-corrected chi connectivity index (χ4v) is 1.60. The van der Waals surface area contributed by atoms with E-state index < -0.39 is 0 Å². The van der Waals surface area contributed by atoms with Crippen LogP contribution in [-0.4, -0.2) is 24.4 Å². The molecule has 2 N–H and O–H groups in total. The van der Waals surface area contributed by atoms with Gasteiger partial charge in [0.2, 0.25) is 11.8 Å². The van der Waals surface area contributed by atoms with Gasteiger partial charge in [-0.3, -0.25) is 14.9 Å². The average Bonchev–Trinajstić information content (AvgIpc) is 2.15. The third-order valence-electron chi connectivity index (χ3n) is 2.31. The largest absolute Gasteiger partial charge is 0.302 e. The number of amides is 2. The van der Waals surface area contributed by atoms with Gasteiger partial charge in [-0.15, -0.1) is 0 Å². The maximum atomic E-state index is 11.4. The maximum absolute atomic E-state index is 11.4. The van der Waals surface area contributed by atoms with Gasteiger partial charge in [-0.25, -0.2) is 0 Å². The molecule has 4 nitrogen and oxygen atoms in total. The molecule has 16 heavy (non-hydrogen) atoms. The Kier molecular flexibility index (Phi) is 4.43. The predicted molar refractivity (Wildman–Crippen MR) is 62.7 cm³/mol. The Balaban J connectivity index is 2.38. The van der Waals surface area contributed by atoms with Crippen LogP contribution in [-0.2, 0) is 9.59 Å². The lowest BCUT2D eigenvalue weighted by molar-refractivity contribution is -0.134. The van der Waals surface area contributed by atoms with Crippen molar-refractivity contribution in [2.24, 2.45) is 0 Å². The molecule has 0 saturated carbocycles. The molecular weight excluding hydrogens is 204 g/mol. The molecular formula is C12H18N2O2. The average molecular weight is 222 g/mol. The molecule has 0 aromatic rings. The molecule has 1 fully saturated rings. The zero-order valence-electron chi connectivity index (χ0n) is 9.80. The van der Waals surface area contributed by atoms with Gasteiger partial charge in [0.1, 0.15) is 0 Å². The fraction of sp³-hybridized carbons (Fsp3) is 0.500. The molecule has 1 aliphatic heterocycles. The van der Waals surface area contributed by atoms with Gasteiger partial charge >= 0.3 is 0 Å². The number of carbonyl (C=O) groups excluding carboxylic acids is 2. The van der Waals surface area contributed by atoms with Crippen LogP contribution in [0, 0.1) is 0 Å². The number of allylic oxidation sites excluding steroid dienone is 1. The van der Waals surface area contributed by atoms with Gasteiger partial charge in [0.05, 0.1) is 6.04 Å². The van der Waals surface area contributed by atoms with Gasteiger partial charge in [-0.05, 0) is 25.8 Å². The lowest BCUT2D eigenvalue weighted by Crippen LogP contribution is -2.50. The van der Waals surface area contributed by atoms with Gasteiger partial charge in [0.25, 0.3) is 0 Å². The van der Waals surface area contributed by atoms with Crippen LogP contribution < -0.4 is 10.6 Å². The number of carbonyl (C=O) groups is 2. The van der Waals surface area contributed by atoms with E-state index in [0.29, 0.717) is 19.4 Å². The minimum Gasteiger partial charge on any atom is -0.302 e. The molecule has 0 bridgehead atoms. The summed E-state index contributed by atoms with van der Waals surface area (Å²) in [6.07, 6.45) is 2.93. The molecule has 0 radical (unpaired) electrons. The van der Waals surface area contributed by atoms with E-state index in [1.807, 2.05) is 19.9 Å². The van der Waals surface area contributed by atoms with Crippen molar-refractivity contribution in [2.45, 2.75) is 32.7 Å². The third kappa shape index (κ3) is 3.98. The van der Waals surface area contributed by atoms with Crippen molar-refractivity contribution >= 4 is 11.8 Å². The summed E-state index contributed by atoms with van der Waals surface area (Å²) in [6, 6.07) is -0.278. The van der Waals surface area contributed by atoms with E-state index in [4.69, 9.17) is 0 Å². The molecule has 0 aliphatic carbocycles. The number of rotatable bonds is 4. The summed E-state index contributed by atoms with van der Waals surface area (Å²) in [5.41, 5.74) is 2.11. The quantitative estimate of drug-likeness (QED) is 0.549. The standard InChI is InChI=1S/C12H18N2O2/c1-8(2)6-9(3)7-13-10-4-5-11(15)14-12(10)16/h6,10,13H,3-5,7H2,1-2H3,(H,14,15,16)/t10-/m0/s1. The van der Waals surface area contributed by atoms with Crippen LogP contribution in [0.4, 0.5) is 0 Å². The van der Waals surface area contributed by atoms with Crippen molar-refractivity contribution in [3.05, 3.63) is 23.8 Å². The Morgan fingerprint density at radius 1 is 1.56 bits per heavy atom. The Morgan fingerprint density at radius 2 is 2.25 bits per heavy atom. The first-order valence-electron chi connectivity index (χ1n) is 5.39. The van der Waals surface area contributed by atoms with E-state index in [0.717, 1.165) is 5.57 Å². The fourth-order valence-electron chi connectivity index (χ4n) is 1.60. The summed E-state index contributed by atoms with van der Waals surface area (Å²) in [5, 5.41) is 5.40. The molecule has 88 valence electrons. The second kappa shape index (κ2) is 5.61. The topological polar surface area (TPSA) is 58.2 Å². The van der Waals surface area contributed by atoms with Crippen molar-refractivity contribution < 1.29 is 9.59 Å². The molecule has 1 rings (SSSR count). The van der Waals surface area contributed by atoms with E-state index in [1.165, 1.54) is 5.57 Å². The van der Waals surface area contributed by atoms with Crippen molar-refractivity contribution in [1.29, 1.82) is 0 Å². The molecule has 1 saturated heterocycles. The zero-order chi connectivity index (χ0) is 12.1. The van der Waals surface area contributed by atoms with Crippen LogP contribution >= 0.6 is 0 Å². The summed E-state index contributed by atoms with van der Waals surface area (Å²) >= 11 is 0. The van der Waals surface area contributed by atoms with Crippen LogP contribution in [0.2, 0.25) is 0 Å². The van der Waals surface area contributed by atoms with E-state index >= 15 is 0 Å². The smallest absolute Gasteiger partial charge is 0.243 e. The minimum absolute atomic E-state index is 0.189. The lowest BCUT2D eigenvalue weighted by Gasteiger charge is -2.21. The third-order valence-corrected chi connectivity index (χ3v) is 2.31. The summed E-state index contributed by atoms with van der Waals surface area (Å²) < 4.78 is 0. The zero-order valence-corrected chi connectivity index (χ0v) is 9.80. The van der Waals surface area contributed by atoms with Crippen LogP contribution in [0.1, 0.15) is 26.7 Å². The van der Waals surface area contributed by atoms with E-state index in [2.05, 4.69) is 17.2 Å². The Hall–Kier alpha value is -1.42. The van der Waals surface area contributed by atoms with Crippen molar-refractivity contribution in [2.75, 3.05) is 6.54 Å². The van der Waals surface area contributed by atoms with Gasteiger partial charge in [-0.1, -0.05) is 18.2 Å². The molecule has 1 atom stereocenters. The first kappa shape index (κ1) is 12.6. The van der Waals surface area contributed by atoms with Gasteiger partial charge < -0.3 is 5.32 Å². The summed E-state index contributed by atoms with van der Waals surface area (Å²) in [7, 11) is 0. The normalized spacial score (nSPS) is 20.2. The van der Waals surface area contributed by atoms with Crippen molar-refractivity contribution in [1.82, 2.24) is 10.6 Å². The maximum Gasteiger partial charge on any atom is 0.243 e. The highest BCUT2D eigenvalue weighted by Crippen LogP contribution is 2.05. The SMILES string of the molecule is C=C(C=C(C)C)CN[C@H]1CCC(=O)NC1=O. The summed E-state index contributed by atoms with van der Waals surface area (Å²) in [5.74, 6) is -0.424. The highest BCUT2D eigenvalue weighted by atomic mass is 16.2. The van der Waals surface area contributed by atoms with Crippen molar-refractivity contribution in [3.63, 3.8) is 0 Å². The van der Waals surface area contributed by atoms with Crippen LogP contribution in [0.15, 0.2) is 23.8 Å². The predicted octanol–water partition coefficient (Wildman–Crippen LogP) is 0.904. The van der Waals surface area contributed by atoms with Crippen molar-refractivity contribution in [3.8, 4) is 0 Å². The van der Waals surface area contributed by atoms with Gasteiger partial charge in [0.15, 0.2) is 0 Å². The van der Waals surface area contributed by atoms with Gasteiger partial charge in [0, 0.05) is 13.0 Å². The molecule has 2 amide bonds. The molecule has 0 spiro atoms.